The molecule has 0 aliphatic carbocycles. The Labute approximate surface area is 127 Å². The molecule has 0 amide bonds. The minimum atomic E-state index is -3.09. The van der Waals surface area contributed by atoms with Gasteiger partial charge in [-0.2, -0.15) is 0 Å². The van der Waals surface area contributed by atoms with Gasteiger partial charge in [-0.1, -0.05) is 12.1 Å². The highest BCUT2D eigenvalue weighted by Gasteiger charge is 2.08. The van der Waals surface area contributed by atoms with Gasteiger partial charge in [-0.25, -0.2) is 12.8 Å². The molecule has 6 heteroatoms. The number of nitrogens with zero attached hydrogens (tertiary/aromatic N) is 2. The molecule has 0 saturated carbocycles. The molecule has 0 bridgehead atoms. The molecular weight excluding hydrogens is 303 g/mol. The minimum Gasteiger partial charge on any atom is -0.256 e. The van der Waals surface area contributed by atoms with Crippen molar-refractivity contribution in [2.45, 2.75) is 5.75 Å². The summed E-state index contributed by atoms with van der Waals surface area (Å²) in [4.78, 5) is 8.47. The molecule has 0 atom stereocenters. The van der Waals surface area contributed by atoms with Gasteiger partial charge in [-0.15, -0.1) is 0 Å². The van der Waals surface area contributed by atoms with E-state index in [-0.39, 0.29) is 11.6 Å². The first-order chi connectivity index (χ1) is 10.4. The van der Waals surface area contributed by atoms with E-state index in [0.29, 0.717) is 27.7 Å². The number of sulfone groups is 1. The van der Waals surface area contributed by atoms with Gasteiger partial charge in [0.1, 0.15) is 5.82 Å². The van der Waals surface area contributed by atoms with Gasteiger partial charge >= 0.3 is 0 Å². The van der Waals surface area contributed by atoms with E-state index in [1.165, 1.54) is 18.5 Å². The van der Waals surface area contributed by atoms with E-state index < -0.39 is 9.84 Å². The maximum atomic E-state index is 13.8. The van der Waals surface area contributed by atoms with Crippen LogP contribution in [-0.2, 0) is 15.6 Å². The fraction of sp³-hybridized carbons (Fsp3) is 0.125. The highest BCUT2D eigenvalue weighted by Crippen LogP contribution is 2.23. The summed E-state index contributed by atoms with van der Waals surface area (Å²) in [6.07, 6.45) is 4.32. The number of benzene rings is 1. The summed E-state index contributed by atoms with van der Waals surface area (Å²) in [6, 6.07) is 9.85. The highest BCUT2D eigenvalue weighted by atomic mass is 32.2. The second-order valence-electron chi connectivity index (χ2n) is 5.15. The van der Waals surface area contributed by atoms with Crippen LogP contribution in [-0.4, -0.2) is 24.6 Å². The van der Waals surface area contributed by atoms with Crippen molar-refractivity contribution >= 4 is 20.7 Å². The Balaban J connectivity index is 1.99. The van der Waals surface area contributed by atoms with Crippen LogP contribution in [0.15, 0.2) is 48.8 Å². The molecule has 0 N–H and O–H groups in total. The summed E-state index contributed by atoms with van der Waals surface area (Å²) in [6.45, 7) is 0. The lowest BCUT2D eigenvalue weighted by atomic mass is 10.1. The predicted octanol–water partition coefficient (Wildman–Crippen LogP) is 2.98. The molecule has 0 aliphatic heterocycles. The van der Waals surface area contributed by atoms with Crippen LogP contribution < -0.4 is 0 Å². The molecule has 2 heterocycles. The number of pyridine rings is 2. The van der Waals surface area contributed by atoms with Crippen LogP contribution in [0.1, 0.15) is 5.56 Å². The third kappa shape index (κ3) is 3.12. The van der Waals surface area contributed by atoms with E-state index in [9.17, 15) is 12.8 Å². The fourth-order valence-electron chi connectivity index (χ4n) is 2.24. The largest absolute Gasteiger partial charge is 0.256 e. The number of hydrogen-bond acceptors (Lipinski definition) is 4. The van der Waals surface area contributed by atoms with Crippen LogP contribution in [0.4, 0.5) is 4.39 Å². The van der Waals surface area contributed by atoms with Crippen molar-refractivity contribution in [3.63, 3.8) is 0 Å². The first-order valence-corrected chi connectivity index (χ1v) is 8.66. The smallest absolute Gasteiger partial charge is 0.151 e. The van der Waals surface area contributed by atoms with E-state index >= 15 is 0 Å². The van der Waals surface area contributed by atoms with Gasteiger partial charge in [-0.05, 0) is 29.8 Å². The molecule has 0 unspecified atom stereocenters. The average Bonchev–Trinajstić information content (AvgIpc) is 2.47. The quantitative estimate of drug-likeness (QED) is 0.745. The van der Waals surface area contributed by atoms with Crippen molar-refractivity contribution in [1.82, 2.24) is 9.97 Å². The first kappa shape index (κ1) is 14.6. The van der Waals surface area contributed by atoms with Crippen molar-refractivity contribution in [1.29, 1.82) is 0 Å². The van der Waals surface area contributed by atoms with Gasteiger partial charge in [0, 0.05) is 29.6 Å². The molecule has 2 aromatic heterocycles. The monoisotopic (exact) mass is 316 g/mol. The summed E-state index contributed by atoms with van der Waals surface area (Å²) >= 11 is 0. The molecule has 3 rings (SSSR count). The third-order valence-corrected chi connectivity index (χ3v) is 4.08. The molecule has 0 spiro atoms. The van der Waals surface area contributed by atoms with Crippen LogP contribution in [0.5, 0.6) is 0 Å². The van der Waals surface area contributed by atoms with Gasteiger partial charge in [0.05, 0.1) is 17.0 Å². The Bertz CT molecular complexity index is 938. The summed E-state index contributed by atoms with van der Waals surface area (Å²) < 4.78 is 36.3. The SMILES string of the molecule is CS(=O)(=O)Cc1ccc(-c2cnc3cccc(F)c3c2)nc1. The van der Waals surface area contributed by atoms with Gasteiger partial charge in [-0.3, -0.25) is 9.97 Å². The zero-order chi connectivity index (χ0) is 15.7. The lowest BCUT2D eigenvalue weighted by Gasteiger charge is -2.05. The Kier molecular flexibility index (Phi) is 3.62. The maximum absolute atomic E-state index is 13.8. The molecule has 0 aliphatic rings. The van der Waals surface area contributed by atoms with Crippen LogP contribution in [0, 0.1) is 5.82 Å². The average molecular weight is 316 g/mol. The van der Waals surface area contributed by atoms with Gasteiger partial charge in [0.2, 0.25) is 0 Å². The van der Waals surface area contributed by atoms with Crippen molar-refractivity contribution in [3.8, 4) is 11.3 Å². The van der Waals surface area contributed by atoms with Crippen molar-refractivity contribution in [2.24, 2.45) is 0 Å². The molecular formula is C16H13FN2O2S. The lowest BCUT2D eigenvalue weighted by molar-refractivity contribution is 0.601. The molecule has 0 fully saturated rings. The topological polar surface area (TPSA) is 59.9 Å². The number of rotatable bonds is 3. The van der Waals surface area contributed by atoms with Crippen LogP contribution in [0.2, 0.25) is 0 Å². The standard InChI is InChI=1S/C16H13FN2O2S/c1-22(20,21)10-11-5-6-15(18-8-11)12-7-13-14(17)3-2-4-16(13)19-9-12/h2-9H,10H2,1H3. The maximum Gasteiger partial charge on any atom is 0.151 e. The normalized spacial score (nSPS) is 11.7. The second-order valence-corrected chi connectivity index (χ2v) is 7.29. The molecule has 4 nitrogen and oxygen atoms in total. The van der Waals surface area contributed by atoms with Crippen LogP contribution in [0.25, 0.3) is 22.2 Å². The van der Waals surface area contributed by atoms with Crippen molar-refractivity contribution in [2.75, 3.05) is 6.26 Å². The number of halogens is 1. The minimum absolute atomic E-state index is 0.0507. The van der Waals surface area contributed by atoms with E-state index in [1.54, 1.807) is 36.5 Å². The van der Waals surface area contributed by atoms with E-state index in [0.717, 1.165) is 0 Å². The number of aromatic nitrogens is 2. The molecule has 1 aromatic carbocycles. The Morgan fingerprint density at radius 2 is 1.91 bits per heavy atom. The summed E-state index contributed by atoms with van der Waals surface area (Å²) in [7, 11) is -3.09. The molecule has 0 saturated heterocycles. The van der Waals surface area contributed by atoms with Gasteiger partial charge in [0.25, 0.3) is 0 Å². The molecule has 0 radical (unpaired) electrons. The highest BCUT2D eigenvalue weighted by molar-refractivity contribution is 7.89. The van der Waals surface area contributed by atoms with Crippen LogP contribution in [0.3, 0.4) is 0 Å². The van der Waals surface area contributed by atoms with E-state index in [1.807, 2.05) is 0 Å². The van der Waals surface area contributed by atoms with Gasteiger partial charge < -0.3 is 0 Å². The van der Waals surface area contributed by atoms with Gasteiger partial charge in [0.15, 0.2) is 9.84 Å². The molecule has 112 valence electrons. The summed E-state index contributed by atoms with van der Waals surface area (Å²) in [5.41, 5.74) is 2.50. The first-order valence-electron chi connectivity index (χ1n) is 6.60. The zero-order valence-corrected chi connectivity index (χ0v) is 12.6. The summed E-state index contributed by atoms with van der Waals surface area (Å²) in [5, 5.41) is 0.432. The lowest BCUT2D eigenvalue weighted by Crippen LogP contribution is -2.01. The number of fused-ring (bicyclic) bond motifs is 1. The fourth-order valence-corrected chi connectivity index (χ4v) is 3.01. The summed E-state index contributed by atoms with van der Waals surface area (Å²) in [5.74, 6) is -0.384. The third-order valence-electron chi connectivity index (χ3n) is 3.22. The predicted molar refractivity (Wildman–Crippen MR) is 83.5 cm³/mol. The second kappa shape index (κ2) is 5.46. The van der Waals surface area contributed by atoms with E-state index in [2.05, 4.69) is 9.97 Å². The van der Waals surface area contributed by atoms with Crippen LogP contribution >= 0.6 is 0 Å². The van der Waals surface area contributed by atoms with Crippen molar-refractivity contribution < 1.29 is 12.8 Å². The zero-order valence-electron chi connectivity index (χ0n) is 11.8. The Morgan fingerprint density at radius 3 is 2.59 bits per heavy atom. The number of hydrogen-bond donors (Lipinski definition) is 0. The van der Waals surface area contributed by atoms with Crippen molar-refractivity contribution in [3.05, 3.63) is 60.2 Å². The molecule has 3 aromatic rings. The Hall–Kier alpha value is -2.34. The van der Waals surface area contributed by atoms with E-state index in [4.69, 9.17) is 0 Å². The molecule has 22 heavy (non-hydrogen) atoms. The Morgan fingerprint density at radius 1 is 1.09 bits per heavy atom.